The van der Waals surface area contributed by atoms with E-state index in [4.69, 9.17) is 111 Å². The maximum atomic E-state index is 15.0. The van der Waals surface area contributed by atoms with Gasteiger partial charge in [-0.15, -0.1) is 0 Å². The summed E-state index contributed by atoms with van der Waals surface area (Å²) in [4.78, 5) is 17.1. The van der Waals surface area contributed by atoms with Crippen molar-refractivity contribution in [3.63, 3.8) is 0 Å². The summed E-state index contributed by atoms with van der Waals surface area (Å²) in [6.45, 7) is 24.0. The first kappa shape index (κ1) is 96.8. The predicted octanol–water partition coefficient (Wildman–Crippen LogP) is 22.7. The number of carbonyl (C=O) groups excluding carboxylic acids is 1. The molecule has 0 saturated heterocycles. The number of esters is 1. The summed E-state index contributed by atoms with van der Waals surface area (Å²) in [7, 11) is 23.2. The molecule has 0 saturated carbocycles. The van der Waals surface area contributed by atoms with E-state index in [0.29, 0.717) is 158 Å². The summed E-state index contributed by atoms with van der Waals surface area (Å²) in [5, 5.41) is 20.5. The van der Waals surface area contributed by atoms with E-state index in [1.807, 2.05) is 37.4 Å². The standard InChI is InChI=1S/C22H23ClFNO5.C20H21ClFNO3.C19H19BrFNO3.C18H18ClFN2O3.C18H20N2O3/c1-6-30-22(26)17-11(2)25-15-10-16(27-3)20(28-4)21(29-5)19(15)18(17)13-9-12(23)7-8-14(13)24;1-10-11(2)23-15-9-16(24-3)19(25-4)20(26-5)18(15)17(10)13-8-12(21)6-7-14(13)22;1-10-7-13(12-8-11(20)5-6-14(12)21)17-15(22-10)9-16(23-2)18(24-3)19(17)25-4;1-9-21-13-8-14(23-2)17(24-3)18(25-4)15(13)16(22-9)11-7-10(19)5-6-12(11)20;1-11-8-13(12-6-5-7-19-10-12)16-14(20-11)9-15(21-2)17(22-3)18(16)23-4/h7-10,17-18,25H,2,6H2,1,3-5H3;6-10,17,23H,2H2,1,3-5H3;5-6,8-9,13,22H,1,7H2,2-4H3;5-8,16,21-22H,1H2,2-4H3;5-7,9-10,13,20H,1,8H2,2-4H3. The molecule has 0 fully saturated rings. The van der Waals surface area contributed by atoms with Crippen molar-refractivity contribution in [3.8, 4) is 86.2 Å². The third kappa shape index (κ3) is 19.9. The van der Waals surface area contributed by atoms with Gasteiger partial charge in [-0.1, -0.05) is 96.6 Å². The van der Waals surface area contributed by atoms with Crippen LogP contribution < -0.4 is 103 Å². The van der Waals surface area contributed by atoms with E-state index in [-0.39, 0.29) is 53.3 Å². The summed E-state index contributed by atoms with van der Waals surface area (Å²) in [5.41, 5.74) is 13.1. The van der Waals surface area contributed by atoms with E-state index in [1.54, 1.807) is 114 Å². The van der Waals surface area contributed by atoms with E-state index >= 15 is 4.39 Å². The number of aromatic nitrogens is 1. The Kier molecular flexibility index (Phi) is 32.2. The second kappa shape index (κ2) is 42.9. The normalized spacial score (nSPS) is 16.9. The summed E-state index contributed by atoms with van der Waals surface area (Å²) in [5.74, 6) is 3.46. The van der Waals surface area contributed by atoms with Crippen molar-refractivity contribution in [1.29, 1.82) is 0 Å². The molecule has 24 nitrogen and oxygen atoms in total. The molecule has 0 radical (unpaired) electrons. The number of allylic oxidation sites excluding steroid dienone is 3. The fourth-order valence-electron chi connectivity index (χ4n) is 16.6. The Bertz CT molecular complexity index is 5780. The van der Waals surface area contributed by atoms with Crippen molar-refractivity contribution >= 4 is 85.1 Å². The molecular weight excluding hydrogens is 1800 g/mol. The number of rotatable bonds is 22. The molecule has 682 valence electrons. The highest BCUT2D eigenvalue weighted by Crippen LogP contribution is 2.60. The summed E-state index contributed by atoms with van der Waals surface area (Å²) >= 11 is 21.8. The highest BCUT2D eigenvalue weighted by molar-refractivity contribution is 9.10. The van der Waals surface area contributed by atoms with Crippen molar-refractivity contribution in [3.05, 3.63) is 288 Å². The van der Waals surface area contributed by atoms with Gasteiger partial charge >= 0.3 is 5.97 Å². The first-order valence-electron chi connectivity index (χ1n) is 40.0. The third-order valence-electron chi connectivity index (χ3n) is 22.2. The van der Waals surface area contributed by atoms with Crippen LogP contribution in [0.2, 0.25) is 15.1 Å². The Morgan fingerprint density at radius 2 is 0.767 bits per heavy atom. The summed E-state index contributed by atoms with van der Waals surface area (Å²) in [6.07, 6.45) is 4.96. The number of carbonyl (C=O) groups is 1. The fraction of sp³-hybridized carbons (Fsp3) is 0.278. The van der Waals surface area contributed by atoms with Crippen LogP contribution in [0.5, 0.6) is 86.2 Å². The molecule has 6 heterocycles. The van der Waals surface area contributed by atoms with Crippen molar-refractivity contribution in [2.75, 3.05) is 140 Å². The predicted molar refractivity (Wildman–Crippen MR) is 498 cm³/mol. The molecule has 10 aromatic rings. The highest BCUT2D eigenvalue weighted by atomic mass is 79.9. The molecule has 6 N–H and O–H groups in total. The Hall–Kier alpha value is -12.8. The molecule has 0 amide bonds. The van der Waals surface area contributed by atoms with Gasteiger partial charge in [0, 0.05) is 171 Å². The average Bonchev–Trinajstić information content (AvgIpc) is 0.749. The second-order valence-corrected chi connectivity index (χ2v) is 31.6. The molecule has 5 aliphatic heterocycles. The van der Waals surface area contributed by atoms with Gasteiger partial charge in [0.1, 0.15) is 29.2 Å². The zero-order valence-corrected chi connectivity index (χ0v) is 78.1. The number of hydrogen-bond acceptors (Lipinski definition) is 24. The number of halogens is 8. The molecule has 0 aliphatic carbocycles. The quantitative estimate of drug-likeness (QED) is 0.0273. The minimum absolute atomic E-state index is 0.0949. The molecule has 0 spiro atoms. The second-order valence-electron chi connectivity index (χ2n) is 29.4. The van der Waals surface area contributed by atoms with Gasteiger partial charge in [-0.3, -0.25) is 9.78 Å². The maximum Gasteiger partial charge on any atom is 0.315 e. The highest BCUT2D eigenvalue weighted by Gasteiger charge is 2.45. The zero-order valence-electron chi connectivity index (χ0n) is 74.2. The average molecular weight is 1900 g/mol. The number of methoxy groups -OCH3 is 15. The van der Waals surface area contributed by atoms with Gasteiger partial charge < -0.3 is 108 Å². The molecule has 129 heavy (non-hydrogen) atoms. The summed E-state index contributed by atoms with van der Waals surface area (Å²) in [6, 6.07) is 30.6. The van der Waals surface area contributed by atoms with Crippen LogP contribution >= 0.6 is 50.7 Å². The molecule has 1 aromatic heterocycles. The van der Waals surface area contributed by atoms with Gasteiger partial charge in [0.05, 0.1) is 131 Å². The van der Waals surface area contributed by atoms with Gasteiger partial charge in [-0.05, 0) is 121 Å². The summed E-state index contributed by atoms with van der Waals surface area (Å²) < 4.78 is 148. The largest absolute Gasteiger partial charge is 0.493 e. The van der Waals surface area contributed by atoms with Crippen LogP contribution in [0, 0.1) is 35.1 Å². The van der Waals surface area contributed by atoms with E-state index < -0.39 is 29.7 Å². The number of anilines is 5. The smallest absolute Gasteiger partial charge is 0.315 e. The molecule has 7 unspecified atom stereocenters. The molecule has 15 rings (SSSR count). The lowest BCUT2D eigenvalue weighted by Crippen LogP contribution is -2.34. The van der Waals surface area contributed by atoms with Gasteiger partial charge in [0.15, 0.2) is 57.5 Å². The SMILES string of the molecule is C=C1CC(c2cc(Br)ccc2F)c2c(cc(OC)c(OC)c2OC)N1.C=C1CC(c2cccnc2)c2c(cc(OC)c(OC)c2OC)N1.C=C1Nc2cc(OC)c(OC)c(OC)c2C(c2cc(Cl)ccc2F)C1C.C=C1Nc2cc(OC)c(OC)c(OC)c2C(c2cc(Cl)ccc2F)C1C(=O)OCC.C=C1Nc2cc(OC)c(OC)c(OC)c2C(c2cc(Cl)ccc2F)N1. The molecular formula is C97H101BrCl3F4N7O17. The van der Waals surface area contributed by atoms with Gasteiger partial charge in [0.2, 0.25) is 28.7 Å². The van der Waals surface area contributed by atoms with Gasteiger partial charge in [0.25, 0.3) is 0 Å². The van der Waals surface area contributed by atoms with Crippen LogP contribution in [-0.4, -0.2) is 124 Å². The number of hydrogen-bond donors (Lipinski definition) is 6. The van der Waals surface area contributed by atoms with Gasteiger partial charge in [-0.25, -0.2) is 17.6 Å². The first-order valence-corrected chi connectivity index (χ1v) is 42.0. The molecule has 32 heteroatoms. The number of pyridine rings is 1. The van der Waals surface area contributed by atoms with Crippen LogP contribution in [0.15, 0.2) is 194 Å². The number of nitrogens with one attached hydrogen (secondary N) is 6. The van der Waals surface area contributed by atoms with Crippen molar-refractivity contribution in [2.45, 2.75) is 56.4 Å². The number of ether oxygens (including phenoxy) is 16. The Balaban J connectivity index is 0.000000156. The van der Waals surface area contributed by atoms with E-state index in [2.05, 4.69) is 91.8 Å². The fourth-order valence-corrected chi connectivity index (χ4v) is 17.6. The maximum absolute atomic E-state index is 15.0. The minimum atomic E-state index is -0.919. The zero-order chi connectivity index (χ0) is 93.7. The van der Waals surface area contributed by atoms with Crippen molar-refractivity contribution < 1.29 is 98.1 Å². The van der Waals surface area contributed by atoms with Gasteiger partial charge in [-0.2, -0.15) is 0 Å². The van der Waals surface area contributed by atoms with Crippen LogP contribution in [0.25, 0.3) is 0 Å². The van der Waals surface area contributed by atoms with Crippen LogP contribution in [0.1, 0.15) is 112 Å². The Morgan fingerprint density at radius 1 is 0.411 bits per heavy atom. The first-order chi connectivity index (χ1) is 62.0. The molecule has 7 atom stereocenters. The number of fused-ring (bicyclic) bond motifs is 5. The topological polar surface area (TPSA) is 250 Å². The van der Waals surface area contributed by atoms with Crippen LogP contribution in [-0.2, 0) is 9.53 Å². The number of nitrogens with zero attached hydrogens (tertiary/aromatic N) is 1. The Morgan fingerprint density at radius 3 is 1.19 bits per heavy atom. The van der Waals surface area contributed by atoms with E-state index in [0.717, 1.165) is 67.3 Å². The lowest BCUT2D eigenvalue weighted by atomic mass is 9.75. The Labute approximate surface area is 770 Å². The third-order valence-corrected chi connectivity index (χ3v) is 23.4. The van der Waals surface area contributed by atoms with E-state index in [9.17, 15) is 18.0 Å². The minimum Gasteiger partial charge on any atom is -0.493 e. The van der Waals surface area contributed by atoms with Crippen LogP contribution in [0.4, 0.5) is 46.0 Å². The van der Waals surface area contributed by atoms with E-state index in [1.165, 1.54) is 91.2 Å². The monoisotopic (exact) mass is 1900 g/mol. The molecule has 0 bridgehead atoms. The van der Waals surface area contributed by atoms with Crippen molar-refractivity contribution in [1.82, 2.24) is 10.3 Å². The lowest BCUT2D eigenvalue weighted by Gasteiger charge is -2.36. The number of benzene rings is 9. The molecule has 5 aliphatic rings. The molecule has 9 aromatic carbocycles. The van der Waals surface area contributed by atoms with Crippen LogP contribution in [0.3, 0.4) is 0 Å². The van der Waals surface area contributed by atoms with Crippen molar-refractivity contribution in [2.24, 2.45) is 11.8 Å². The lowest BCUT2D eigenvalue weighted by molar-refractivity contribution is -0.147.